The number of hydrogen-bond acceptors (Lipinski definition) is 6. The largest absolute Gasteiger partial charge is 0.454 e. The van der Waals surface area contributed by atoms with Crippen LogP contribution in [0.5, 0.6) is 11.5 Å². The van der Waals surface area contributed by atoms with Crippen LogP contribution < -0.4 is 10.1 Å². The maximum absolute atomic E-state index is 12.6. The minimum absolute atomic E-state index is 0.0305. The molecule has 1 aliphatic carbocycles. The number of carbonyl (C=O) groups excluding carboxylic acids is 2. The number of amides is 2. The second-order valence-corrected chi connectivity index (χ2v) is 8.62. The van der Waals surface area contributed by atoms with Crippen molar-refractivity contribution in [3.05, 3.63) is 71.8 Å². The summed E-state index contributed by atoms with van der Waals surface area (Å²) < 4.78 is 12.3. The van der Waals surface area contributed by atoms with Gasteiger partial charge in [-0.25, -0.2) is 4.98 Å². The van der Waals surface area contributed by atoms with Crippen molar-refractivity contribution in [2.24, 2.45) is 10.9 Å². The van der Waals surface area contributed by atoms with Gasteiger partial charge in [-0.15, -0.1) is 0 Å². The molecule has 3 aliphatic rings. The van der Waals surface area contributed by atoms with E-state index >= 15 is 0 Å². The third-order valence-corrected chi connectivity index (χ3v) is 6.17. The monoisotopic (exact) mass is 454 g/mol. The second kappa shape index (κ2) is 7.98. The minimum atomic E-state index is -0.559. The van der Waals surface area contributed by atoms with E-state index in [-0.39, 0.29) is 24.3 Å². The van der Waals surface area contributed by atoms with Crippen molar-refractivity contribution in [3.63, 3.8) is 0 Å². The van der Waals surface area contributed by atoms with E-state index in [0.717, 1.165) is 29.6 Å². The first-order valence-electron chi connectivity index (χ1n) is 11.2. The maximum atomic E-state index is 12.6. The fourth-order valence-electron chi connectivity index (χ4n) is 4.23. The van der Waals surface area contributed by atoms with Crippen LogP contribution in [0.3, 0.4) is 0 Å². The molecule has 0 bridgehead atoms. The number of oxazole rings is 1. The van der Waals surface area contributed by atoms with Crippen molar-refractivity contribution in [3.8, 4) is 11.5 Å². The average molecular weight is 454 g/mol. The van der Waals surface area contributed by atoms with Gasteiger partial charge in [0.2, 0.25) is 11.8 Å². The lowest BCUT2D eigenvalue weighted by molar-refractivity contribution is -0.128. The lowest BCUT2D eigenvalue weighted by Crippen LogP contribution is -2.36. The summed E-state index contributed by atoms with van der Waals surface area (Å²) in [6.45, 7) is 0.213. The van der Waals surface area contributed by atoms with E-state index in [1.807, 2.05) is 48.5 Å². The molecular weight excluding hydrogens is 432 g/mol. The first-order chi connectivity index (χ1) is 16.6. The fourth-order valence-corrected chi connectivity index (χ4v) is 4.23. The van der Waals surface area contributed by atoms with Gasteiger partial charge in [-0.05, 0) is 48.8 Å². The highest BCUT2D eigenvalue weighted by molar-refractivity contribution is 6.05. The van der Waals surface area contributed by atoms with Gasteiger partial charge in [0.05, 0.1) is 6.54 Å². The molecule has 1 atom stereocenters. The Labute approximate surface area is 195 Å². The summed E-state index contributed by atoms with van der Waals surface area (Å²) in [5.74, 6) is 1.64. The molecule has 34 heavy (non-hydrogen) atoms. The number of nitrogens with zero attached hydrogens (tertiary/aromatic N) is 3. The van der Waals surface area contributed by atoms with Gasteiger partial charge in [0, 0.05) is 36.5 Å². The zero-order valence-corrected chi connectivity index (χ0v) is 18.5. The van der Waals surface area contributed by atoms with Gasteiger partial charge in [-0.3, -0.25) is 14.6 Å². The number of allylic oxidation sites excluding steroid dienone is 1. The first kappa shape index (κ1) is 20.4. The number of hydrogen-bond donors (Lipinski definition) is 1. The van der Waals surface area contributed by atoms with Gasteiger partial charge >= 0.3 is 0 Å². The van der Waals surface area contributed by atoms with Gasteiger partial charge in [0.25, 0.3) is 5.91 Å². The lowest BCUT2D eigenvalue weighted by Gasteiger charge is -2.27. The number of likely N-dealkylation sites (N-methyl/N-ethyl adjacent to an activating group) is 1. The lowest BCUT2D eigenvalue weighted by atomic mass is 9.90. The number of fused-ring (bicyclic) bond motifs is 2. The van der Waals surface area contributed by atoms with E-state index in [4.69, 9.17) is 9.15 Å². The summed E-state index contributed by atoms with van der Waals surface area (Å²) in [7, 11) is 1.72. The van der Waals surface area contributed by atoms with Crippen molar-refractivity contribution < 1.29 is 18.7 Å². The molecule has 1 aromatic heterocycles. The van der Waals surface area contributed by atoms with E-state index < -0.39 is 6.04 Å². The third kappa shape index (κ3) is 3.57. The van der Waals surface area contributed by atoms with Crippen molar-refractivity contribution >= 4 is 34.7 Å². The van der Waals surface area contributed by atoms with Crippen LogP contribution in [0.15, 0.2) is 69.7 Å². The molecule has 3 aromatic rings. The molecule has 0 spiro atoms. The van der Waals surface area contributed by atoms with Crippen LogP contribution >= 0.6 is 0 Å². The Kier molecular flexibility index (Phi) is 4.79. The normalized spacial score (nSPS) is 19.1. The highest BCUT2D eigenvalue weighted by Crippen LogP contribution is 2.42. The van der Waals surface area contributed by atoms with Gasteiger partial charge in [-0.2, -0.15) is 0 Å². The van der Waals surface area contributed by atoms with Crippen molar-refractivity contribution in [2.45, 2.75) is 25.4 Å². The van der Waals surface area contributed by atoms with Gasteiger partial charge in [0.15, 0.2) is 22.9 Å². The minimum Gasteiger partial charge on any atom is -0.454 e. The average Bonchev–Trinajstić information content (AvgIpc) is 3.43. The number of ether oxygens (including phenoxy) is 1. The van der Waals surface area contributed by atoms with E-state index in [0.29, 0.717) is 28.5 Å². The van der Waals surface area contributed by atoms with Crippen LogP contribution in [-0.2, 0) is 16.1 Å². The third-order valence-electron chi connectivity index (χ3n) is 6.17. The predicted molar refractivity (Wildman–Crippen MR) is 126 cm³/mol. The first-order valence-corrected chi connectivity index (χ1v) is 11.2. The number of aromatic nitrogens is 1. The maximum Gasteiger partial charge on any atom is 0.255 e. The molecule has 0 saturated heterocycles. The van der Waals surface area contributed by atoms with E-state index in [9.17, 15) is 9.59 Å². The zero-order valence-electron chi connectivity index (χ0n) is 18.5. The summed E-state index contributed by atoms with van der Waals surface area (Å²) in [5, 5.41) is 2.89. The summed E-state index contributed by atoms with van der Waals surface area (Å²) in [5.41, 5.74) is 3.54. The molecule has 6 rings (SSSR count). The topological polar surface area (TPSA) is 97.0 Å². The van der Waals surface area contributed by atoms with Gasteiger partial charge in [0.1, 0.15) is 5.75 Å². The Balaban J connectivity index is 1.44. The molecule has 8 heteroatoms. The molecule has 3 heterocycles. The van der Waals surface area contributed by atoms with Crippen molar-refractivity contribution in [1.82, 2.24) is 15.2 Å². The van der Waals surface area contributed by atoms with E-state index in [2.05, 4.69) is 15.3 Å². The van der Waals surface area contributed by atoms with Crippen molar-refractivity contribution in [2.75, 3.05) is 7.05 Å². The number of para-hydroxylation sites is 1. The number of nitrogens with one attached hydrogen (secondary N) is 1. The van der Waals surface area contributed by atoms with Crippen LogP contribution in [0.1, 0.15) is 24.3 Å². The van der Waals surface area contributed by atoms with Gasteiger partial charge in [-0.1, -0.05) is 18.2 Å². The number of rotatable bonds is 6. The molecule has 1 fully saturated rings. The molecule has 2 aromatic carbocycles. The van der Waals surface area contributed by atoms with Crippen LogP contribution in [-0.4, -0.2) is 41.0 Å². The fraction of sp³-hybridized carbons (Fsp3) is 0.231. The smallest absolute Gasteiger partial charge is 0.255 e. The Bertz CT molecular complexity index is 1400. The zero-order chi connectivity index (χ0) is 23.2. The summed E-state index contributed by atoms with van der Waals surface area (Å²) in [6, 6.07) is 12.6. The quantitative estimate of drug-likeness (QED) is 0.610. The standard InChI is InChI=1S/C26H22N4O4/c1-30-14-19(17-11-12-27-22(17)26(30)32)18-9-10-20-23(24(18)33-16-5-3-2-4-6-16)29-21(34-20)13-28-25(31)15-7-8-15/h2-6,9-12,14-15,22H,7-8,13H2,1H3,(H,28,31). The summed E-state index contributed by atoms with van der Waals surface area (Å²) in [4.78, 5) is 35.2. The predicted octanol–water partition coefficient (Wildman–Crippen LogP) is 3.84. The molecule has 2 aliphatic heterocycles. The molecule has 2 amide bonds. The van der Waals surface area contributed by atoms with Gasteiger partial charge < -0.3 is 19.4 Å². The Morgan fingerprint density at radius 3 is 2.82 bits per heavy atom. The number of carbonyl (C=O) groups is 2. The molecule has 0 radical (unpaired) electrons. The second-order valence-electron chi connectivity index (χ2n) is 8.62. The highest BCUT2D eigenvalue weighted by atomic mass is 16.5. The Morgan fingerprint density at radius 1 is 1.21 bits per heavy atom. The Morgan fingerprint density at radius 2 is 2.03 bits per heavy atom. The number of aliphatic imine (C=N–C) groups is 1. The van der Waals surface area contributed by atoms with E-state index in [1.165, 1.54) is 0 Å². The van der Waals surface area contributed by atoms with Crippen LogP contribution in [0.4, 0.5) is 0 Å². The molecule has 170 valence electrons. The molecular formula is C26H22N4O4. The SMILES string of the molecule is CN1C=C(c2ccc3oc(CNC(=O)C4CC4)nc3c2Oc2ccccc2)C2=CC=NC2C1=O. The summed E-state index contributed by atoms with van der Waals surface area (Å²) >= 11 is 0. The van der Waals surface area contributed by atoms with Crippen molar-refractivity contribution in [1.29, 1.82) is 0 Å². The molecule has 1 unspecified atom stereocenters. The molecule has 8 nitrogen and oxygen atoms in total. The highest BCUT2D eigenvalue weighted by Gasteiger charge is 2.35. The number of benzene rings is 2. The summed E-state index contributed by atoms with van der Waals surface area (Å²) in [6.07, 6.45) is 7.20. The molecule has 1 saturated carbocycles. The Hall–Kier alpha value is -4.20. The molecule has 1 N–H and O–H groups in total. The van der Waals surface area contributed by atoms with E-state index in [1.54, 1.807) is 24.4 Å². The van der Waals surface area contributed by atoms with Crippen LogP contribution in [0.25, 0.3) is 16.7 Å². The van der Waals surface area contributed by atoms with Crippen LogP contribution in [0, 0.1) is 5.92 Å². The van der Waals surface area contributed by atoms with Crippen LogP contribution in [0.2, 0.25) is 0 Å².